The normalized spacial score (nSPS) is 12.5. The summed E-state index contributed by atoms with van der Waals surface area (Å²) in [5.74, 6) is 0.423. The van der Waals surface area contributed by atoms with Gasteiger partial charge in [0.15, 0.2) is 11.5 Å². The lowest BCUT2D eigenvalue weighted by Crippen LogP contribution is -2.53. The van der Waals surface area contributed by atoms with Gasteiger partial charge in [0, 0.05) is 18.7 Å². The van der Waals surface area contributed by atoms with Crippen molar-refractivity contribution in [3.05, 3.63) is 78.4 Å². The van der Waals surface area contributed by atoms with Crippen LogP contribution in [0.3, 0.4) is 0 Å². The van der Waals surface area contributed by atoms with Crippen molar-refractivity contribution < 1.29 is 32.2 Å². The minimum atomic E-state index is -4.26. The molecule has 0 saturated carbocycles. The van der Waals surface area contributed by atoms with Gasteiger partial charge in [0.25, 0.3) is 10.0 Å². The van der Waals surface area contributed by atoms with Gasteiger partial charge in [-0.15, -0.1) is 0 Å². The van der Waals surface area contributed by atoms with E-state index in [1.807, 2.05) is 32.9 Å². The highest BCUT2D eigenvalue weighted by Gasteiger charge is 2.34. The van der Waals surface area contributed by atoms with Crippen molar-refractivity contribution in [2.45, 2.75) is 57.1 Å². The van der Waals surface area contributed by atoms with Crippen LogP contribution >= 0.6 is 0 Å². The maximum absolute atomic E-state index is 14.2. The summed E-state index contributed by atoms with van der Waals surface area (Å²) in [5, 5.41) is 2.97. The molecule has 232 valence electrons. The standard InChI is InChI=1S/C32H41N3O7S/c1-7-23(3)33-32(37)28(8-2)34(21-24-14-16-26(40-4)17-15-24)31(36)22-35(25-12-10-9-11-13-25)43(38,39)27-18-19-29(41-5)30(20-27)42-6/h9-20,23,28H,7-8,21-22H2,1-6H3,(H,33,37)/t23-,28+/m1/s1. The molecular formula is C32H41N3O7S. The third-order valence-electron chi connectivity index (χ3n) is 7.16. The molecular weight excluding hydrogens is 570 g/mol. The molecule has 0 saturated heterocycles. The number of ether oxygens (including phenoxy) is 3. The van der Waals surface area contributed by atoms with Crippen molar-refractivity contribution in [3.8, 4) is 17.2 Å². The minimum Gasteiger partial charge on any atom is -0.497 e. The highest BCUT2D eigenvalue weighted by molar-refractivity contribution is 7.92. The number of sulfonamides is 1. The molecule has 11 heteroatoms. The van der Waals surface area contributed by atoms with Crippen LogP contribution in [0.2, 0.25) is 0 Å². The number of hydrogen-bond donors (Lipinski definition) is 1. The number of methoxy groups -OCH3 is 3. The number of rotatable bonds is 15. The van der Waals surface area contributed by atoms with E-state index < -0.39 is 28.5 Å². The largest absolute Gasteiger partial charge is 0.497 e. The van der Waals surface area contributed by atoms with E-state index in [9.17, 15) is 18.0 Å². The molecule has 0 heterocycles. The second-order valence-electron chi connectivity index (χ2n) is 9.98. The van der Waals surface area contributed by atoms with Crippen LogP contribution in [0.15, 0.2) is 77.7 Å². The van der Waals surface area contributed by atoms with Gasteiger partial charge in [-0.05, 0) is 61.7 Å². The number of nitrogens with zero attached hydrogens (tertiary/aromatic N) is 2. The molecule has 2 atom stereocenters. The Morgan fingerprint density at radius 3 is 2.05 bits per heavy atom. The highest BCUT2D eigenvalue weighted by atomic mass is 32.2. The van der Waals surface area contributed by atoms with Crippen LogP contribution in [0.5, 0.6) is 17.2 Å². The van der Waals surface area contributed by atoms with Gasteiger partial charge in [0.2, 0.25) is 11.8 Å². The lowest BCUT2D eigenvalue weighted by atomic mass is 10.1. The Hall–Kier alpha value is -4.25. The second kappa shape index (κ2) is 15.3. The number of amides is 2. The monoisotopic (exact) mass is 611 g/mol. The lowest BCUT2D eigenvalue weighted by molar-refractivity contribution is -0.140. The van der Waals surface area contributed by atoms with Gasteiger partial charge >= 0.3 is 0 Å². The number of benzene rings is 3. The number of hydrogen-bond acceptors (Lipinski definition) is 7. The van der Waals surface area contributed by atoms with Crippen LogP contribution in [-0.2, 0) is 26.2 Å². The molecule has 0 fully saturated rings. The summed E-state index contributed by atoms with van der Waals surface area (Å²) in [5.41, 5.74) is 1.06. The van der Waals surface area contributed by atoms with E-state index in [1.165, 1.54) is 37.3 Å². The molecule has 3 rings (SSSR count). The molecule has 0 aliphatic rings. The van der Waals surface area contributed by atoms with Crippen molar-refractivity contribution in [2.75, 3.05) is 32.2 Å². The molecule has 10 nitrogen and oxygen atoms in total. The molecule has 0 radical (unpaired) electrons. The van der Waals surface area contributed by atoms with Gasteiger partial charge in [0.1, 0.15) is 18.3 Å². The molecule has 0 aliphatic heterocycles. The van der Waals surface area contributed by atoms with E-state index in [2.05, 4.69) is 5.32 Å². The van der Waals surface area contributed by atoms with Gasteiger partial charge < -0.3 is 24.4 Å². The summed E-state index contributed by atoms with van der Waals surface area (Å²) in [6, 6.07) is 18.9. The average molecular weight is 612 g/mol. The fourth-order valence-corrected chi connectivity index (χ4v) is 5.95. The van der Waals surface area contributed by atoms with Crippen molar-refractivity contribution in [1.82, 2.24) is 10.2 Å². The molecule has 43 heavy (non-hydrogen) atoms. The minimum absolute atomic E-state index is 0.0786. The first kappa shape index (κ1) is 33.3. The van der Waals surface area contributed by atoms with Crippen molar-refractivity contribution in [1.29, 1.82) is 0 Å². The van der Waals surface area contributed by atoms with Gasteiger partial charge in [-0.2, -0.15) is 0 Å². The number of carbonyl (C=O) groups is 2. The number of anilines is 1. The highest BCUT2D eigenvalue weighted by Crippen LogP contribution is 2.32. The molecule has 0 aliphatic carbocycles. The van der Waals surface area contributed by atoms with Gasteiger partial charge in [-0.25, -0.2) is 8.42 Å². The molecule has 3 aromatic carbocycles. The fraction of sp³-hybridized carbons (Fsp3) is 0.375. The molecule has 2 amide bonds. The lowest BCUT2D eigenvalue weighted by Gasteiger charge is -2.33. The van der Waals surface area contributed by atoms with Crippen LogP contribution in [0.1, 0.15) is 39.2 Å². The SMILES string of the molecule is CC[C@@H](C)NC(=O)[C@H](CC)N(Cc1ccc(OC)cc1)C(=O)CN(c1ccccc1)S(=O)(=O)c1ccc(OC)c(OC)c1. The van der Waals surface area contributed by atoms with Crippen LogP contribution < -0.4 is 23.8 Å². The first-order chi connectivity index (χ1) is 20.6. The predicted octanol–water partition coefficient (Wildman–Crippen LogP) is 4.63. The van der Waals surface area contributed by atoms with Crippen molar-refractivity contribution >= 4 is 27.5 Å². The van der Waals surface area contributed by atoms with E-state index in [4.69, 9.17) is 14.2 Å². The maximum atomic E-state index is 14.2. The number of carbonyl (C=O) groups excluding carboxylic acids is 2. The molecule has 0 aromatic heterocycles. The first-order valence-electron chi connectivity index (χ1n) is 14.1. The summed E-state index contributed by atoms with van der Waals surface area (Å²) in [7, 11) is 0.173. The van der Waals surface area contributed by atoms with Crippen LogP contribution in [0.25, 0.3) is 0 Å². The van der Waals surface area contributed by atoms with E-state index in [0.29, 0.717) is 23.6 Å². The summed E-state index contributed by atoms with van der Waals surface area (Å²) in [6.45, 7) is 5.23. The Balaban J connectivity index is 2.07. The predicted molar refractivity (Wildman–Crippen MR) is 166 cm³/mol. The Morgan fingerprint density at radius 2 is 1.49 bits per heavy atom. The molecule has 0 bridgehead atoms. The van der Waals surface area contributed by atoms with E-state index in [-0.39, 0.29) is 29.1 Å². The third-order valence-corrected chi connectivity index (χ3v) is 8.93. The van der Waals surface area contributed by atoms with Crippen molar-refractivity contribution in [2.24, 2.45) is 0 Å². The summed E-state index contributed by atoms with van der Waals surface area (Å²) in [6.07, 6.45) is 1.05. The Bertz CT molecular complexity index is 1460. The summed E-state index contributed by atoms with van der Waals surface area (Å²) < 4.78 is 45.1. The van der Waals surface area contributed by atoms with Crippen LogP contribution in [0.4, 0.5) is 5.69 Å². The Kier molecular flexibility index (Phi) is 11.8. The molecule has 0 unspecified atom stereocenters. The van der Waals surface area contributed by atoms with E-state index in [1.54, 1.807) is 49.6 Å². The average Bonchev–Trinajstić information content (AvgIpc) is 3.03. The van der Waals surface area contributed by atoms with Gasteiger partial charge in [-0.3, -0.25) is 13.9 Å². The van der Waals surface area contributed by atoms with Crippen molar-refractivity contribution in [3.63, 3.8) is 0 Å². The van der Waals surface area contributed by atoms with E-state index >= 15 is 0 Å². The fourth-order valence-electron chi connectivity index (χ4n) is 4.52. The quantitative estimate of drug-likeness (QED) is 0.267. The van der Waals surface area contributed by atoms with Gasteiger partial charge in [-0.1, -0.05) is 44.2 Å². The van der Waals surface area contributed by atoms with Crippen LogP contribution in [0, 0.1) is 0 Å². The van der Waals surface area contributed by atoms with Crippen LogP contribution in [-0.4, -0.2) is 65.1 Å². The maximum Gasteiger partial charge on any atom is 0.264 e. The van der Waals surface area contributed by atoms with Gasteiger partial charge in [0.05, 0.1) is 31.9 Å². The smallest absolute Gasteiger partial charge is 0.264 e. The second-order valence-corrected chi connectivity index (χ2v) is 11.8. The molecule has 0 spiro atoms. The first-order valence-corrected chi connectivity index (χ1v) is 15.6. The van der Waals surface area contributed by atoms with E-state index in [0.717, 1.165) is 16.3 Å². The third kappa shape index (κ3) is 8.19. The topological polar surface area (TPSA) is 114 Å². The molecule has 1 N–H and O–H groups in total. The Labute approximate surface area is 254 Å². The molecule has 3 aromatic rings. The Morgan fingerprint density at radius 1 is 0.837 bits per heavy atom. The summed E-state index contributed by atoms with van der Waals surface area (Å²) >= 11 is 0. The number of nitrogens with one attached hydrogen (secondary N) is 1. The zero-order valence-electron chi connectivity index (χ0n) is 25.6. The zero-order chi connectivity index (χ0) is 31.6. The number of para-hydroxylation sites is 1. The zero-order valence-corrected chi connectivity index (χ0v) is 26.4. The summed E-state index contributed by atoms with van der Waals surface area (Å²) in [4.78, 5) is 29.0.